The van der Waals surface area contributed by atoms with Crippen molar-refractivity contribution >= 4 is 23.2 Å². The van der Waals surface area contributed by atoms with E-state index in [-0.39, 0.29) is 25.0 Å². The lowest BCUT2D eigenvalue weighted by atomic mass is 9.92. The third-order valence-corrected chi connectivity index (χ3v) is 6.11. The van der Waals surface area contributed by atoms with E-state index in [1.54, 1.807) is 49.5 Å². The molecule has 34 heavy (non-hydrogen) atoms. The van der Waals surface area contributed by atoms with Crippen molar-refractivity contribution in [2.24, 2.45) is 5.92 Å². The molecule has 1 fully saturated rings. The fourth-order valence-electron chi connectivity index (χ4n) is 4.41. The number of carbonyl (C=O) groups is 2. The average molecular weight is 460 g/mol. The summed E-state index contributed by atoms with van der Waals surface area (Å²) >= 11 is 0. The van der Waals surface area contributed by atoms with Gasteiger partial charge in [0.05, 0.1) is 26.2 Å². The van der Waals surface area contributed by atoms with Gasteiger partial charge in [0, 0.05) is 23.9 Å². The van der Waals surface area contributed by atoms with E-state index >= 15 is 0 Å². The zero-order chi connectivity index (χ0) is 23.7. The normalized spacial score (nSPS) is 18.6. The van der Waals surface area contributed by atoms with Gasteiger partial charge in [-0.15, -0.1) is 0 Å². The number of amides is 2. The lowest BCUT2D eigenvalue weighted by Gasteiger charge is -2.28. The molecule has 2 unspecified atom stereocenters. The predicted octanol–water partition coefficient (Wildman–Crippen LogP) is 4.17. The highest BCUT2D eigenvalue weighted by Gasteiger charge is 2.45. The topological polar surface area (TPSA) is 86.3 Å². The second-order valence-corrected chi connectivity index (χ2v) is 8.05. The molecule has 0 aromatic heterocycles. The van der Waals surface area contributed by atoms with Crippen molar-refractivity contribution < 1.29 is 28.5 Å². The maximum Gasteiger partial charge on any atom is 0.231 e. The number of ether oxygens (including phenoxy) is 4. The van der Waals surface area contributed by atoms with Crippen molar-refractivity contribution in [3.8, 4) is 23.0 Å². The Kier molecular flexibility index (Phi) is 5.71. The quantitative estimate of drug-likeness (QED) is 0.594. The fourth-order valence-corrected chi connectivity index (χ4v) is 4.41. The molecule has 8 heteroatoms. The molecule has 2 atom stereocenters. The lowest BCUT2D eigenvalue weighted by molar-refractivity contribution is -0.122. The van der Waals surface area contributed by atoms with E-state index in [9.17, 15) is 9.59 Å². The van der Waals surface area contributed by atoms with Gasteiger partial charge in [0.2, 0.25) is 18.6 Å². The third kappa shape index (κ3) is 3.98. The molecule has 2 aliphatic rings. The van der Waals surface area contributed by atoms with E-state index in [0.717, 1.165) is 5.56 Å². The molecule has 2 amide bonds. The van der Waals surface area contributed by atoms with Crippen LogP contribution in [0.4, 0.5) is 11.4 Å². The molecular formula is C26H24N2O6. The van der Waals surface area contributed by atoms with Gasteiger partial charge in [0.25, 0.3) is 0 Å². The molecular weight excluding hydrogens is 436 g/mol. The summed E-state index contributed by atoms with van der Waals surface area (Å²) in [5, 5.41) is 2.95. The van der Waals surface area contributed by atoms with E-state index < -0.39 is 12.0 Å². The smallest absolute Gasteiger partial charge is 0.231 e. The van der Waals surface area contributed by atoms with Gasteiger partial charge in [-0.1, -0.05) is 12.1 Å². The molecule has 1 N–H and O–H groups in total. The van der Waals surface area contributed by atoms with Crippen molar-refractivity contribution in [2.75, 3.05) is 31.2 Å². The number of anilines is 2. The predicted molar refractivity (Wildman–Crippen MR) is 126 cm³/mol. The Morgan fingerprint density at radius 2 is 1.56 bits per heavy atom. The molecule has 1 saturated heterocycles. The van der Waals surface area contributed by atoms with Crippen LogP contribution >= 0.6 is 0 Å². The number of fused-ring (bicyclic) bond motifs is 1. The third-order valence-electron chi connectivity index (χ3n) is 6.11. The maximum absolute atomic E-state index is 13.4. The highest BCUT2D eigenvalue weighted by molar-refractivity contribution is 6.04. The van der Waals surface area contributed by atoms with Crippen LogP contribution in [0.3, 0.4) is 0 Å². The van der Waals surface area contributed by atoms with E-state index in [2.05, 4.69) is 5.32 Å². The van der Waals surface area contributed by atoms with Crippen molar-refractivity contribution in [1.29, 1.82) is 0 Å². The van der Waals surface area contributed by atoms with Crippen molar-refractivity contribution in [3.63, 3.8) is 0 Å². The van der Waals surface area contributed by atoms with Gasteiger partial charge in [-0.3, -0.25) is 9.59 Å². The molecule has 0 aliphatic carbocycles. The molecule has 174 valence electrons. The standard InChI is InChI=1S/C26H24N2O6/c1-31-19-8-3-16(4-9-19)25-21(14-24(29)28(25)18-6-10-20(32-2)11-7-18)26(30)27-17-5-12-22-23(13-17)34-15-33-22/h3-13,21,25H,14-15H2,1-2H3,(H,27,30). The summed E-state index contributed by atoms with van der Waals surface area (Å²) in [7, 11) is 3.19. The average Bonchev–Trinajstić information content (AvgIpc) is 3.48. The number of benzene rings is 3. The number of nitrogens with one attached hydrogen (secondary N) is 1. The first-order valence-corrected chi connectivity index (χ1v) is 10.9. The van der Waals surface area contributed by atoms with Gasteiger partial charge in [-0.25, -0.2) is 0 Å². The molecule has 3 aromatic carbocycles. The highest BCUT2D eigenvalue weighted by Crippen LogP contribution is 2.43. The van der Waals surface area contributed by atoms with Crippen LogP contribution in [0, 0.1) is 5.92 Å². The molecule has 0 bridgehead atoms. The molecule has 8 nitrogen and oxygen atoms in total. The molecule has 2 heterocycles. The molecule has 0 radical (unpaired) electrons. The van der Waals surface area contributed by atoms with E-state index in [1.165, 1.54) is 0 Å². The van der Waals surface area contributed by atoms with Crippen LogP contribution in [-0.2, 0) is 9.59 Å². The summed E-state index contributed by atoms with van der Waals surface area (Å²) in [6.45, 7) is 0.153. The number of carbonyl (C=O) groups excluding carboxylic acids is 2. The largest absolute Gasteiger partial charge is 0.497 e. The number of rotatable bonds is 6. The van der Waals surface area contributed by atoms with Crippen molar-refractivity contribution in [3.05, 3.63) is 72.3 Å². The number of methoxy groups -OCH3 is 2. The summed E-state index contributed by atoms with van der Waals surface area (Å²) < 4.78 is 21.3. The van der Waals surface area contributed by atoms with E-state index in [0.29, 0.717) is 34.4 Å². The first-order valence-electron chi connectivity index (χ1n) is 10.9. The first-order chi connectivity index (χ1) is 16.6. The van der Waals surface area contributed by atoms with E-state index in [4.69, 9.17) is 18.9 Å². The Balaban J connectivity index is 1.47. The van der Waals surface area contributed by atoms with Gasteiger partial charge in [-0.05, 0) is 54.1 Å². The van der Waals surface area contributed by atoms with Crippen LogP contribution < -0.4 is 29.2 Å². The first kappa shape index (κ1) is 21.6. The van der Waals surface area contributed by atoms with Crippen LogP contribution in [0.25, 0.3) is 0 Å². The van der Waals surface area contributed by atoms with Gasteiger partial charge in [0.15, 0.2) is 11.5 Å². The number of nitrogens with zero attached hydrogens (tertiary/aromatic N) is 1. The zero-order valence-electron chi connectivity index (χ0n) is 18.8. The molecule has 3 aromatic rings. The Hall–Kier alpha value is -4.20. The number of hydrogen-bond donors (Lipinski definition) is 1. The Morgan fingerprint density at radius 1 is 0.912 bits per heavy atom. The summed E-state index contributed by atoms with van der Waals surface area (Å²) in [5.41, 5.74) is 2.12. The second-order valence-electron chi connectivity index (χ2n) is 8.05. The summed E-state index contributed by atoms with van der Waals surface area (Å²) in [6.07, 6.45) is 0.0825. The summed E-state index contributed by atoms with van der Waals surface area (Å²) in [6, 6.07) is 19.4. The minimum absolute atomic E-state index is 0.0825. The van der Waals surface area contributed by atoms with Crippen molar-refractivity contribution in [1.82, 2.24) is 0 Å². The Morgan fingerprint density at radius 3 is 2.24 bits per heavy atom. The molecule has 0 spiro atoms. The van der Waals surface area contributed by atoms with Crippen LogP contribution in [-0.4, -0.2) is 32.8 Å². The molecule has 5 rings (SSSR count). The Bertz CT molecular complexity index is 1210. The van der Waals surface area contributed by atoms with Crippen LogP contribution in [0.1, 0.15) is 18.0 Å². The van der Waals surface area contributed by atoms with Gasteiger partial charge >= 0.3 is 0 Å². The SMILES string of the molecule is COc1ccc(C2C(C(=O)Nc3ccc4c(c3)OCO4)CC(=O)N2c2ccc(OC)cc2)cc1. The van der Waals surface area contributed by atoms with Crippen molar-refractivity contribution in [2.45, 2.75) is 12.5 Å². The van der Waals surface area contributed by atoms with Gasteiger partial charge in [0.1, 0.15) is 11.5 Å². The minimum Gasteiger partial charge on any atom is -0.497 e. The summed E-state index contributed by atoms with van der Waals surface area (Å²) in [4.78, 5) is 28.3. The van der Waals surface area contributed by atoms with Crippen LogP contribution in [0.2, 0.25) is 0 Å². The lowest BCUT2D eigenvalue weighted by Crippen LogP contribution is -2.32. The van der Waals surface area contributed by atoms with Crippen LogP contribution in [0.5, 0.6) is 23.0 Å². The van der Waals surface area contributed by atoms with Gasteiger partial charge < -0.3 is 29.2 Å². The van der Waals surface area contributed by atoms with E-state index in [1.807, 2.05) is 36.4 Å². The fraction of sp³-hybridized carbons (Fsp3) is 0.231. The minimum atomic E-state index is -0.603. The molecule has 0 saturated carbocycles. The highest BCUT2D eigenvalue weighted by atomic mass is 16.7. The molecule has 2 aliphatic heterocycles. The summed E-state index contributed by atoms with van der Waals surface area (Å²) in [5.74, 6) is 1.62. The zero-order valence-corrected chi connectivity index (χ0v) is 18.8. The maximum atomic E-state index is 13.4. The van der Waals surface area contributed by atoms with Crippen LogP contribution in [0.15, 0.2) is 66.7 Å². The monoisotopic (exact) mass is 460 g/mol. The Labute approximate surface area is 197 Å². The second kappa shape index (κ2) is 8.97. The van der Waals surface area contributed by atoms with Gasteiger partial charge in [-0.2, -0.15) is 0 Å². The number of hydrogen-bond acceptors (Lipinski definition) is 6.